The van der Waals surface area contributed by atoms with Gasteiger partial charge in [-0.3, -0.25) is 9.20 Å². The van der Waals surface area contributed by atoms with Gasteiger partial charge in [0.2, 0.25) is 0 Å². The number of fused-ring (bicyclic) bond motifs is 1. The molecular formula is C16H15Cl2N5OS. The Balaban J connectivity index is 1.89. The van der Waals surface area contributed by atoms with Crippen molar-refractivity contribution in [2.24, 2.45) is 0 Å². The minimum Gasteiger partial charge on any atom is -0.342 e. The predicted molar refractivity (Wildman–Crippen MR) is 100 cm³/mol. The van der Waals surface area contributed by atoms with E-state index in [-0.39, 0.29) is 22.3 Å². The van der Waals surface area contributed by atoms with Crippen LogP contribution in [0.25, 0.3) is 5.65 Å². The first-order chi connectivity index (χ1) is 12.1. The smallest absolute Gasteiger partial charge is 0.252 e. The van der Waals surface area contributed by atoms with Crippen LogP contribution in [0.4, 0.5) is 0 Å². The molecule has 6 nitrogen and oxygen atoms in total. The third-order valence-corrected chi connectivity index (χ3v) is 4.62. The third-order valence-electron chi connectivity index (χ3n) is 3.59. The van der Waals surface area contributed by atoms with Crippen molar-refractivity contribution in [1.29, 1.82) is 0 Å². The van der Waals surface area contributed by atoms with E-state index >= 15 is 0 Å². The molecule has 0 bridgehead atoms. The largest absolute Gasteiger partial charge is 0.342 e. The zero-order valence-electron chi connectivity index (χ0n) is 13.3. The van der Waals surface area contributed by atoms with E-state index in [4.69, 9.17) is 23.2 Å². The maximum absolute atomic E-state index is 12.6. The van der Waals surface area contributed by atoms with Gasteiger partial charge < -0.3 is 5.32 Å². The number of aromatic nitrogens is 4. The van der Waals surface area contributed by atoms with Crippen molar-refractivity contribution in [2.45, 2.75) is 12.5 Å². The van der Waals surface area contributed by atoms with Gasteiger partial charge in [0.05, 0.1) is 6.04 Å². The molecule has 0 aliphatic carbocycles. The number of carbonyl (C=O) groups is 1. The molecule has 0 fully saturated rings. The van der Waals surface area contributed by atoms with Crippen molar-refractivity contribution in [2.75, 3.05) is 12.0 Å². The second kappa shape index (κ2) is 8.03. The second-order valence-electron chi connectivity index (χ2n) is 5.30. The lowest BCUT2D eigenvalue weighted by Gasteiger charge is -2.17. The van der Waals surface area contributed by atoms with Gasteiger partial charge in [-0.1, -0.05) is 29.3 Å². The highest BCUT2D eigenvalue weighted by atomic mass is 35.5. The van der Waals surface area contributed by atoms with Crippen LogP contribution < -0.4 is 5.32 Å². The molecule has 3 aromatic rings. The van der Waals surface area contributed by atoms with Crippen molar-refractivity contribution in [1.82, 2.24) is 24.9 Å². The lowest BCUT2D eigenvalue weighted by Crippen LogP contribution is -2.30. The molecule has 3 aromatic heterocycles. The van der Waals surface area contributed by atoms with Gasteiger partial charge in [-0.05, 0) is 42.7 Å². The van der Waals surface area contributed by atoms with Gasteiger partial charge in [-0.25, -0.2) is 4.98 Å². The molecule has 0 aliphatic rings. The number of halogens is 2. The summed E-state index contributed by atoms with van der Waals surface area (Å²) in [4.78, 5) is 16.5. The Morgan fingerprint density at radius 1 is 1.28 bits per heavy atom. The fourth-order valence-corrected chi connectivity index (χ4v) is 3.37. The van der Waals surface area contributed by atoms with Crippen molar-refractivity contribution in [3.05, 3.63) is 58.2 Å². The van der Waals surface area contributed by atoms with E-state index in [1.54, 1.807) is 11.8 Å². The molecular weight excluding hydrogens is 381 g/mol. The SMILES string of the molecule is CSCC[C@@H](NC(=O)c1cc(Cl)nc(Cl)c1)c1nnc2ccccn12. The molecule has 0 saturated heterocycles. The Bertz CT molecular complexity index is 881. The van der Waals surface area contributed by atoms with Gasteiger partial charge >= 0.3 is 0 Å². The van der Waals surface area contributed by atoms with Gasteiger partial charge in [-0.2, -0.15) is 11.8 Å². The Kier molecular flexibility index (Phi) is 5.78. The number of carbonyl (C=O) groups excluding carboxylic acids is 1. The zero-order valence-corrected chi connectivity index (χ0v) is 15.6. The van der Waals surface area contributed by atoms with E-state index in [9.17, 15) is 4.79 Å². The van der Waals surface area contributed by atoms with Crippen LogP contribution in [0.2, 0.25) is 10.3 Å². The van der Waals surface area contributed by atoms with Gasteiger partial charge in [-0.15, -0.1) is 10.2 Å². The second-order valence-corrected chi connectivity index (χ2v) is 7.06. The molecule has 130 valence electrons. The standard InChI is InChI=1S/C16H15Cl2N5OS/c1-25-7-5-11(15-22-21-14-4-2-3-6-23(14)15)19-16(24)10-8-12(17)20-13(18)9-10/h2-4,6,8-9,11H,5,7H2,1H3,(H,19,24)/t11-/m1/s1. The summed E-state index contributed by atoms with van der Waals surface area (Å²) in [6.07, 6.45) is 4.61. The highest BCUT2D eigenvalue weighted by Gasteiger charge is 2.21. The van der Waals surface area contributed by atoms with E-state index in [2.05, 4.69) is 20.5 Å². The van der Waals surface area contributed by atoms with Crippen LogP contribution in [0.15, 0.2) is 36.5 Å². The molecule has 9 heteroatoms. The zero-order chi connectivity index (χ0) is 17.8. The fourth-order valence-electron chi connectivity index (χ4n) is 2.44. The Hall–Kier alpha value is -1.83. The lowest BCUT2D eigenvalue weighted by atomic mass is 10.1. The van der Waals surface area contributed by atoms with Crippen molar-refractivity contribution < 1.29 is 4.79 Å². The summed E-state index contributed by atoms with van der Waals surface area (Å²) >= 11 is 13.5. The van der Waals surface area contributed by atoms with Crippen LogP contribution in [0, 0.1) is 0 Å². The number of nitrogens with one attached hydrogen (secondary N) is 1. The maximum atomic E-state index is 12.6. The van der Waals surface area contributed by atoms with Crippen LogP contribution >= 0.6 is 35.0 Å². The number of rotatable bonds is 6. The molecule has 3 heterocycles. The van der Waals surface area contributed by atoms with E-state index < -0.39 is 0 Å². The highest BCUT2D eigenvalue weighted by molar-refractivity contribution is 7.98. The average Bonchev–Trinajstić information content (AvgIpc) is 3.01. The van der Waals surface area contributed by atoms with Gasteiger partial charge in [0.25, 0.3) is 5.91 Å². The Labute approximate surface area is 158 Å². The van der Waals surface area contributed by atoms with Crippen molar-refractivity contribution in [3.63, 3.8) is 0 Å². The van der Waals surface area contributed by atoms with E-state index in [1.165, 1.54) is 12.1 Å². The topological polar surface area (TPSA) is 72.2 Å². The Morgan fingerprint density at radius 3 is 2.76 bits per heavy atom. The summed E-state index contributed by atoms with van der Waals surface area (Å²) in [6.45, 7) is 0. The summed E-state index contributed by atoms with van der Waals surface area (Å²) in [5.41, 5.74) is 1.09. The van der Waals surface area contributed by atoms with Crippen LogP contribution in [0.3, 0.4) is 0 Å². The van der Waals surface area contributed by atoms with Crippen LogP contribution in [0.5, 0.6) is 0 Å². The van der Waals surface area contributed by atoms with Crippen molar-refractivity contribution >= 4 is 46.5 Å². The molecule has 1 amide bonds. The molecule has 1 atom stereocenters. The number of thioether (sulfide) groups is 1. The first-order valence-electron chi connectivity index (χ1n) is 7.51. The number of pyridine rings is 2. The van der Waals surface area contributed by atoms with Crippen LogP contribution in [-0.4, -0.2) is 37.5 Å². The molecule has 0 aliphatic heterocycles. The lowest BCUT2D eigenvalue weighted by molar-refractivity contribution is 0.0933. The summed E-state index contributed by atoms with van der Waals surface area (Å²) in [6, 6.07) is 8.34. The quantitative estimate of drug-likeness (QED) is 0.644. The molecule has 0 unspecified atom stereocenters. The van der Waals surface area contributed by atoms with E-state index in [0.29, 0.717) is 11.4 Å². The van der Waals surface area contributed by atoms with Crippen LogP contribution in [-0.2, 0) is 0 Å². The minimum absolute atomic E-state index is 0.172. The van der Waals surface area contributed by atoms with Gasteiger partial charge in [0.1, 0.15) is 10.3 Å². The number of nitrogens with zero attached hydrogens (tertiary/aromatic N) is 4. The van der Waals surface area contributed by atoms with Gasteiger partial charge in [0, 0.05) is 11.8 Å². The minimum atomic E-state index is -0.289. The maximum Gasteiger partial charge on any atom is 0.252 e. The summed E-state index contributed by atoms with van der Waals surface area (Å²) in [7, 11) is 0. The summed E-state index contributed by atoms with van der Waals surface area (Å²) < 4.78 is 1.87. The molecule has 0 spiro atoms. The first kappa shape index (κ1) is 18.0. The Morgan fingerprint density at radius 2 is 2.04 bits per heavy atom. The number of amides is 1. The highest BCUT2D eigenvalue weighted by Crippen LogP contribution is 2.20. The first-order valence-corrected chi connectivity index (χ1v) is 9.66. The third kappa shape index (κ3) is 4.23. The molecule has 3 rings (SSSR count). The van der Waals surface area contributed by atoms with E-state index in [0.717, 1.165) is 17.8 Å². The average molecular weight is 396 g/mol. The molecule has 0 aromatic carbocycles. The monoisotopic (exact) mass is 395 g/mol. The number of hydrogen-bond acceptors (Lipinski definition) is 5. The summed E-state index contributed by atoms with van der Waals surface area (Å²) in [5, 5.41) is 11.8. The van der Waals surface area contributed by atoms with Gasteiger partial charge in [0.15, 0.2) is 11.5 Å². The fraction of sp³-hybridized carbons (Fsp3) is 0.250. The molecule has 0 saturated carbocycles. The van der Waals surface area contributed by atoms with Crippen LogP contribution in [0.1, 0.15) is 28.6 Å². The molecule has 1 N–H and O–H groups in total. The molecule has 25 heavy (non-hydrogen) atoms. The number of hydrogen-bond donors (Lipinski definition) is 1. The normalized spacial score (nSPS) is 12.3. The summed E-state index contributed by atoms with van der Waals surface area (Å²) in [5.74, 6) is 1.26. The predicted octanol–water partition coefficient (Wildman–Crippen LogP) is 3.66. The molecule has 0 radical (unpaired) electrons. The van der Waals surface area contributed by atoms with E-state index in [1.807, 2.05) is 35.1 Å². The van der Waals surface area contributed by atoms with Crippen molar-refractivity contribution in [3.8, 4) is 0 Å².